The highest BCUT2D eigenvalue weighted by Gasteiger charge is 2.24. The van der Waals surface area contributed by atoms with Gasteiger partial charge in [-0.05, 0) is 62.9 Å². The minimum atomic E-state index is -0.928. The third-order valence-corrected chi connectivity index (χ3v) is 7.34. The normalized spacial score (nSPS) is 12.8. The lowest BCUT2D eigenvalue weighted by Crippen LogP contribution is -2.45. The largest absolute Gasteiger partial charge is 0.493 e. The first-order valence-electron chi connectivity index (χ1n) is 13.9. The van der Waals surface area contributed by atoms with Crippen molar-refractivity contribution in [2.75, 3.05) is 27.4 Å². The molecule has 3 aromatic rings. The molecule has 4 N–H and O–H groups in total. The van der Waals surface area contributed by atoms with E-state index in [4.69, 9.17) is 30.3 Å². The maximum atomic E-state index is 14.0. The molecule has 1 aliphatic heterocycles. The minimum absolute atomic E-state index is 0.0816. The Morgan fingerprint density at radius 3 is 2.44 bits per heavy atom. The van der Waals surface area contributed by atoms with Crippen LogP contribution in [0.3, 0.4) is 0 Å². The molecule has 0 atom stereocenters. The van der Waals surface area contributed by atoms with E-state index in [0.717, 1.165) is 39.7 Å². The van der Waals surface area contributed by atoms with Gasteiger partial charge in [0.25, 0.3) is 5.91 Å². The number of nitrogens with one attached hydrogen (secondary N) is 1. The number of hydrogen-bond donors (Lipinski definition) is 3. The van der Waals surface area contributed by atoms with Gasteiger partial charge in [-0.15, -0.1) is 0 Å². The number of ether oxygens (including phenoxy) is 3. The fraction of sp³-hybridized carbons (Fsp3) is 0.355. The molecule has 43 heavy (non-hydrogen) atoms. The maximum absolute atomic E-state index is 14.0. The molecule has 0 radical (unpaired) electrons. The van der Waals surface area contributed by atoms with Gasteiger partial charge in [-0.1, -0.05) is 17.7 Å². The highest BCUT2D eigenvalue weighted by Crippen LogP contribution is 2.37. The minimum Gasteiger partial charge on any atom is -0.493 e. The van der Waals surface area contributed by atoms with E-state index < -0.39 is 11.8 Å². The molecule has 12 heteroatoms. The monoisotopic (exact) mass is 590 g/mol. The molecular formula is C31H38N6O6. The van der Waals surface area contributed by atoms with Crippen molar-refractivity contribution < 1.29 is 24.2 Å². The van der Waals surface area contributed by atoms with Crippen molar-refractivity contribution in [2.45, 2.75) is 47.2 Å². The summed E-state index contributed by atoms with van der Waals surface area (Å²) < 4.78 is 19.3. The van der Waals surface area contributed by atoms with Crippen molar-refractivity contribution in [2.24, 2.45) is 10.7 Å². The van der Waals surface area contributed by atoms with Crippen LogP contribution in [-0.4, -0.2) is 58.6 Å². The Morgan fingerprint density at radius 2 is 1.84 bits per heavy atom. The van der Waals surface area contributed by atoms with E-state index in [-0.39, 0.29) is 24.4 Å². The first kappa shape index (κ1) is 31.1. The summed E-state index contributed by atoms with van der Waals surface area (Å²) in [6.45, 7) is 8.39. The third-order valence-electron chi connectivity index (χ3n) is 7.34. The number of nitrogens with two attached hydrogens (primary N) is 1. The van der Waals surface area contributed by atoms with E-state index in [9.17, 15) is 14.8 Å². The number of aryl methyl sites for hydroxylation is 4. The van der Waals surface area contributed by atoms with Crippen molar-refractivity contribution in [1.82, 2.24) is 14.2 Å². The number of hydrogen-bond acceptors (Lipinski definition) is 9. The van der Waals surface area contributed by atoms with Gasteiger partial charge in [0.15, 0.2) is 11.5 Å². The van der Waals surface area contributed by atoms with Crippen LogP contribution in [0.2, 0.25) is 0 Å². The summed E-state index contributed by atoms with van der Waals surface area (Å²) in [5, 5.41) is 18.7. The van der Waals surface area contributed by atoms with Gasteiger partial charge in [0.1, 0.15) is 11.1 Å². The van der Waals surface area contributed by atoms with Crippen LogP contribution in [0, 0.1) is 26.2 Å². The van der Waals surface area contributed by atoms with Gasteiger partial charge in [0.2, 0.25) is 5.90 Å². The van der Waals surface area contributed by atoms with Crippen LogP contribution < -0.4 is 26.4 Å². The van der Waals surface area contributed by atoms with Gasteiger partial charge in [-0.2, -0.15) is 0 Å². The Balaban J connectivity index is 1.89. The number of nitrogens with zero attached hydrogens (tertiary/aromatic N) is 4. The number of benzene rings is 2. The highest BCUT2D eigenvalue weighted by molar-refractivity contribution is 6.16. The Labute approximate surface area is 249 Å². The summed E-state index contributed by atoms with van der Waals surface area (Å²) >= 11 is 0. The van der Waals surface area contributed by atoms with E-state index in [2.05, 4.69) is 0 Å². The molecule has 0 aliphatic carbocycles. The Morgan fingerprint density at radius 1 is 1.14 bits per heavy atom. The number of methoxy groups -OCH3 is 2. The van der Waals surface area contributed by atoms with Crippen molar-refractivity contribution in [3.8, 4) is 22.8 Å². The van der Waals surface area contributed by atoms with Crippen molar-refractivity contribution >= 4 is 17.5 Å². The first-order chi connectivity index (χ1) is 20.5. The van der Waals surface area contributed by atoms with Crippen molar-refractivity contribution in [1.29, 1.82) is 5.41 Å². The quantitative estimate of drug-likeness (QED) is 0.114. The molecule has 228 valence electrons. The predicted molar refractivity (Wildman–Crippen MR) is 162 cm³/mol. The molecule has 0 fully saturated rings. The Bertz CT molecular complexity index is 1710. The summed E-state index contributed by atoms with van der Waals surface area (Å²) in [4.78, 5) is 31.8. The SMILES string of the molecule is CCOc1cc2c(cc1OC)-c1c/c(=N\c3c(C)cc(C)cc3C)n(CCN(O)C(=O)/C(=C/N)C(=N)OC)c(=O)n1CC2. The van der Waals surface area contributed by atoms with Gasteiger partial charge in [0.05, 0.1) is 38.8 Å². The molecule has 0 saturated heterocycles. The van der Waals surface area contributed by atoms with Gasteiger partial charge in [-0.3, -0.25) is 24.5 Å². The molecule has 1 amide bonds. The second-order valence-electron chi connectivity index (χ2n) is 10.2. The number of carbonyl (C=O) groups is 1. The predicted octanol–water partition coefficient (Wildman–Crippen LogP) is 3.12. The maximum Gasteiger partial charge on any atom is 0.330 e. The van der Waals surface area contributed by atoms with Gasteiger partial charge in [0, 0.05) is 30.9 Å². The second-order valence-corrected chi connectivity index (χ2v) is 10.2. The van der Waals surface area contributed by atoms with E-state index in [1.54, 1.807) is 11.7 Å². The molecular weight excluding hydrogens is 552 g/mol. The second kappa shape index (κ2) is 13.0. The van der Waals surface area contributed by atoms with Crippen LogP contribution in [0.4, 0.5) is 5.69 Å². The van der Waals surface area contributed by atoms with Gasteiger partial charge < -0.3 is 19.9 Å². The third kappa shape index (κ3) is 6.19. The van der Waals surface area contributed by atoms with Gasteiger partial charge in [-0.25, -0.2) is 14.9 Å². The van der Waals surface area contributed by atoms with Crippen LogP contribution in [0.25, 0.3) is 11.3 Å². The molecule has 0 spiro atoms. The lowest BCUT2D eigenvalue weighted by molar-refractivity contribution is -0.160. The lowest BCUT2D eigenvalue weighted by atomic mass is 9.97. The van der Waals surface area contributed by atoms with E-state index in [1.165, 1.54) is 11.7 Å². The molecule has 0 unspecified atom stereocenters. The number of carbonyl (C=O) groups excluding carboxylic acids is 1. The fourth-order valence-corrected chi connectivity index (χ4v) is 5.33. The molecule has 1 aromatic heterocycles. The summed E-state index contributed by atoms with van der Waals surface area (Å²) in [6.07, 6.45) is 1.48. The fourth-order valence-electron chi connectivity index (χ4n) is 5.33. The zero-order chi connectivity index (χ0) is 31.4. The molecule has 0 saturated carbocycles. The average molecular weight is 591 g/mol. The van der Waals surface area contributed by atoms with E-state index in [0.29, 0.717) is 47.3 Å². The van der Waals surface area contributed by atoms with Crippen molar-refractivity contribution in [3.63, 3.8) is 0 Å². The summed E-state index contributed by atoms with van der Waals surface area (Å²) in [7, 11) is 2.79. The van der Waals surface area contributed by atoms with Crippen LogP contribution in [-0.2, 0) is 29.0 Å². The molecule has 2 heterocycles. The number of amides is 1. The van der Waals surface area contributed by atoms with Crippen molar-refractivity contribution in [3.05, 3.63) is 80.3 Å². The zero-order valence-electron chi connectivity index (χ0n) is 25.4. The molecule has 4 rings (SSSR count). The number of aromatic nitrogens is 2. The van der Waals surface area contributed by atoms with E-state index >= 15 is 0 Å². The van der Waals surface area contributed by atoms with Gasteiger partial charge >= 0.3 is 5.69 Å². The zero-order valence-corrected chi connectivity index (χ0v) is 25.4. The number of rotatable bonds is 9. The Hall–Kier alpha value is -4.84. The van der Waals surface area contributed by atoms with Crippen LogP contribution in [0.1, 0.15) is 29.2 Å². The average Bonchev–Trinajstić information content (AvgIpc) is 2.98. The van der Waals surface area contributed by atoms with Crippen LogP contribution in [0.5, 0.6) is 11.5 Å². The standard InChI is InChI=1S/C31H38N6O6/c1-7-43-26-14-21-8-9-35-24(22(21)15-25(26)41-5)16-27(34-28-19(3)12-18(2)13-20(28)4)36(31(35)39)10-11-37(40)30(38)23(17-32)29(33)42-6/h12-17,33,40H,7-11,32H2,1-6H3/b23-17+,33-29?,34-27+. The Kier molecular flexibility index (Phi) is 9.40. The molecule has 12 nitrogen and oxygen atoms in total. The molecule has 1 aliphatic rings. The summed E-state index contributed by atoms with van der Waals surface area (Å²) in [5.41, 5.74) is 11.4. The summed E-state index contributed by atoms with van der Waals surface area (Å²) in [5.74, 6) is -0.221. The van der Waals surface area contributed by atoms with E-state index in [1.807, 2.05) is 58.0 Å². The number of hydroxylamine groups is 2. The topological polar surface area (TPSA) is 157 Å². The number of fused-ring (bicyclic) bond motifs is 3. The van der Waals surface area contributed by atoms with Crippen LogP contribution in [0.15, 0.2) is 51.9 Å². The molecule has 0 bridgehead atoms. The molecule has 2 aromatic carbocycles. The van der Waals surface area contributed by atoms with Crippen LogP contribution >= 0.6 is 0 Å². The summed E-state index contributed by atoms with van der Waals surface area (Å²) in [6, 6.07) is 9.72. The lowest BCUT2D eigenvalue weighted by Gasteiger charge is -2.25. The highest BCUT2D eigenvalue weighted by atomic mass is 16.5. The first-order valence-corrected chi connectivity index (χ1v) is 13.9. The smallest absolute Gasteiger partial charge is 0.330 e.